The number of aliphatic carboxylic acids is 1. The number of nitrogens with one attached hydrogen (secondary N) is 1. The number of carboxylic acid groups (broad SMARTS) is 1. The van der Waals surface area contributed by atoms with Gasteiger partial charge in [0.05, 0.1) is 5.02 Å². The van der Waals surface area contributed by atoms with Gasteiger partial charge in [-0.1, -0.05) is 25.4 Å². The van der Waals surface area contributed by atoms with Gasteiger partial charge in [-0.15, -0.1) is 0 Å². The lowest BCUT2D eigenvalue weighted by molar-refractivity contribution is -0.137. The lowest BCUT2D eigenvalue weighted by atomic mass is 9.84. The number of hydrogen-bond acceptors (Lipinski definition) is 2. The fraction of sp³-hybridized carbons (Fsp3) is 0.467. The minimum Gasteiger partial charge on any atom is -0.481 e. The molecule has 0 spiro atoms. The quantitative estimate of drug-likeness (QED) is 0.809. The molecule has 2 N–H and O–H groups in total. The zero-order valence-electron chi connectivity index (χ0n) is 12.1. The highest BCUT2D eigenvalue weighted by molar-refractivity contribution is 6.30. The summed E-state index contributed by atoms with van der Waals surface area (Å²) in [7, 11) is 0. The first-order valence-electron chi connectivity index (χ1n) is 6.66. The number of benzene rings is 1. The topological polar surface area (TPSA) is 66.4 Å². The molecule has 0 saturated heterocycles. The van der Waals surface area contributed by atoms with E-state index in [2.05, 4.69) is 5.32 Å². The van der Waals surface area contributed by atoms with E-state index >= 15 is 0 Å². The Morgan fingerprint density at radius 2 is 2.00 bits per heavy atom. The monoisotopic (exact) mass is 315 g/mol. The molecular weight excluding hydrogens is 297 g/mol. The van der Waals surface area contributed by atoms with Crippen molar-refractivity contribution in [3.63, 3.8) is 0 Å². The van der Waals surface area contributed by atoms with Gasteiger partial charge >= 0.3 is 5.97 Å². The second-order valence-electron chi connectivity index (χ2n) is 5.69. The van der Waals surface area contributed by atoms with Gasteiger partial charge in [0, 0.05) is 18.5 Å². The number of carbonyl (C=O) groups excluding carboxylic acids is 1. The van der Waals surface area contributed by atoms with Crippen LogP contribution >= 0.6 is 11.6 Å². The van der Waals surface area contributed by atoms with Gasteiger partial charge in [0.15, 0.2) is 0 Å². The largest absolute Gasteiger partial charge is 0.481 e. The number of hydrogen-bond donors (Lipinski definition) is 2. The molecule has 1 rings (SSSR count). The Hall–Kier alpha value is -1.62. The van der Waals surface area contributed by atoms with Crippen molar-refractivity contribution in [3.05, 3.63) is 34.6 Å². The van der Waals surface area contributed by atoms with Crippen LogP contribution in [0.2, 0.25) is 5.02 Å². The molecule has 0 heterocycles. The summed E-state index contributed by atoms with van der Waals surface area (Å²) in [5.41, 5.74) is 0.0249. The smallest absolute Gasteiger partial charge is 0.303 e. The Bertz CT molecular complexity index is 532. The van der Waals surface area contributed by atoms with E-state index in [1.54, 1.807) is 0 Å². The Morgan fingerprint density at radius 3 is 2.57 bits per heavy atom. The van der Waals surface area contributed by atoms with E-state index in [1.165, 1.54) is 12.1 Å². The molecule has 6 heteroatoms. The van der Waals surface area contributed by atoms with Crippen LogP contribution < -0.4 is 5.32 Å². The van der Waals surface area contributed by atoms with Crippen LogP contribution in [0.3, 0.4) is 0 Å². The lowest BCUT2D eigenvalue weighted by Gasteiger charge is -2.23. The maximum Gasteiger partial charge on any atom is 0.303 e. The van der Waals surface area contributed by atoms with Crippen LogP contribution in [0.1, 0.15) is 43.5 Å². The van der Waals surface area contributed by atoms with Crippen LogP contribution in [0, 0.1) is 11.2 Å². The molecular formula is C15H19ClFNO3. The molecule has 0 unspecified atom stereocenters. The van der Waals surface area contributed by atoms with Crippen LogP contribution in [0.25, 0.3) is 0 Å². The number of carbonyl (C=O) groups is 2. The Balaban J connectivity index is 2.46. The van der Waals surface area contributed by atoms with E-state index in [9.17, 15) is 14.0 Å². The predicted molar refractivity (Wildman–Crippen MR) is 79.0 cm³/mol. The Kier molecular flexibility index (Phi) is 6.15. The highest BCUT2D eigenvalue weighted by Gasteiger charge is 2.19. The molecule has 0 saturated carbocycles. The SMILES string of the molecule is CC(C)(CCNC(=O)c1ccc(Cl)c(F)c1)CCC(=O)O. The molecule has 0 aromatic heterocycles. The van der Waals surface area contributed by atoms with Crippen molar-refractivity contribution in [2.45, 2.75) is 33.1 Å². The molecule has 21 heavy (non-hydrogen) atoms. The molecule has 0 aliphatic carbocycles. The average molecular weight is 316 g/mol. The van der Waals surface area contributed by atoms with E-state index in [0.717, 1.165) is 6.07 Å². The van der Waals surface area contributed by atoms with Gasteiger partial charge in [0.25, 0.3) is 5.91 Å². The van der Waals surface area contributed by atoms with Gasteiger partial charge in [-0.3, -0.25) is 9.59 Å². The van der Waals surface area contributed by atoms with E-state index < -0.39 is 11.8 Å². The molecule has 0 atom stereocenters. The van der Waals surface area contributed by atoms with Crippen LogP contribution in [-0.2, 0) is 4.79 Å². The van der Waals surface area contributed by atoms with Crippen molar-refractivity contribution < 1.29 is 19.1 Å². The van der Waals surface area contributed by atoms with E-state index in [1.807, 2.05) is 13.8 Å². The minimum absolute atomic E-state index is 0.0265. The molecule has 0 fully saturated rings. The fourth-order valence-electron chi connectivity index (χ4n) is 1.82. The van der Waals surface area contributed by atoms with E-state index in [0.29, 0.717) is 19.4 Å². The average Bonchev–Trinajstić information content (AvgIpc) is 2.39. The molecule has 1 aromatic carbocycles. The zero-order valence-corrected chi connectivity index (χ0v) is 12.8. The number of halogens is 2. The van der Waals surface area contributed by atoms with E-state index in [-0.39, 0.29) is 28.3 Å². The second kappa shape index (κ2) is 7.41. The maximum absolute atomic E-state index is 13.3. The maximum atomic E-state index is 13.3. The first-order chi connectivity index (χ1) is 9.71. The molecule has 116 valence electrons. The van der Waals surface area contributed by atoms with Crippen molar-refractivity contribution in [1.82, 2.24) is 5.32 Å². The molecule has 4 nitrogen and oxygen atoms in total. The van der Waals surface area contributed by atoms with Crippen molar-refractivity contribution in [2.24, 2.45) is 5.41 Å². The molecule has 0 radical (unpaired) electrons. The highest BCUT2D eigenvalue weighted by atomic mass is 35.5. The Morgan fingerprint density at radius 1 is 1.33 bits per heavy atom. The first-order valence-corrected chi connectivity index (χ1v) is 7.04. The summed E-state index contributed by atoms with van der Waals surface area (Å²) in [6.07, 6.45) is 1.28. The fourth-order valence-corrected chi connectivity index (χ4v) is 1.94. The van der Waals surface area contributed by atoms with Crippen molar-refractivity contribution in [2.75, 3.05) is 6.54 Å². The van der Waals surface area contributed by atoms with Crippen LogP contribution in [-0.4, -0.2) is 23.5 Å². The van der Waals surface area contributed by atoms with Gasteiger partial charge in [0.2, 0.25) is 0 Å². The third kappa shape index (κ3) is 6.12. The minimum atomic E-state index is -0.830. The van der Waals surface area contributed by atoms with Gasteiger partial charge in [-0.05, 0) is 36.5 Å². The summed E-state index contributed by atoms with van der Waals surface area (Å²) in [5.74, 6) is -1.84. The zero-order chi connectivity index (χ0) is 16.0. The van der Waals surface area contributed by atoms with Gasteiger partial charge in [-0.2, -0.15) is 0 Å². The lowest BCUT2D eigenvalue weighted by Crippen LogP contribution is -2.28. The molecule has 1 aromatic rings. The van der Waals surface area contributed by atoms with Gasteiger partial charge in [-0.25, -0.2) is 4.39 Å². The Labute approximate surface area is 128 Å². The summed E-state index contributed by atoms with van der Waals surface area (Å²) in [4.78, 5) is 22.4. The summed E-state index contributed by atoms with van der Waals surface area (Å²) in [6.45, 7) is 4.30. The predicted octanol–water partition coefficient (Wildman–Crippen LogP) is 3.49. The summed E-state index contributed by atoms with van der Waals surface area (Å²) >= 11 is 5.56. The summed E-state index contributed by atoms with van der Waals surface area (Å²) in [5, 5.41) is 11.3. The number of carboxylic acids is 1. The molecule has 0 bridgehead atoms. The summed E-state index contributed by atoms with van der Waals surface area (Å²) in [6, 6.07) is 3.88. The number of rotatable bonds is 7. The van der Waals surface area contributed by atoms with Gasteiger partial charge in [0.1, 0.15) is 5.82 Å². The normalized spacial score (nSPS) is 11.2. The van der Waals surface area contributed by atoms with E-state index in [4.69, 9.17) is 16.7 Å². The first kappa shape index (κ1) is 17.4. The van der Waals surface area contributed by atoms with Crippen molar-refractivity contribution in [3.8, 4) is 0 Å². The standard InChI is InChI=1S/C15H19ClFNO3/c1-15(2,6-5-13(19)20)7-8-18-14(21)10-3-4-11(16)12(17)9-10/h3-4,9H,5-8H2,1-2H3,(H,18,21)(H,19,20). The van der Waals surface area contributed by atoms with Crippen molar-refractivity contribution in [1.29, 1.82) is 0 Å². The molecule has 0 aliphatic heterocycles. The highest BCUT2D eigenvalue weighted by Crippen LogP contribution is 2.26. The molecule has 0 aliphatic rings. The second-order valence-corrected chi connectivity index (χ2v) is 6.10. The number of amides is 1. The summed E-state index contributed by atoms with van der Waals surface area (Å²) < 4.78 is 13.3. The van der Waals surface area contributed by atoms with Crippen LogP contribution in [0.15, 0.2) is 18.2 Å². The van der Waals surface area contributed by atoms with Crippen molar-refractivity contribution >= 4 is 23.5 Å². The third-order valence-corrected chi connectivity index (χ3v) is 3.59. The van der Waals surface area contributed by atoms with Crippen LogP contribution in [0.4, 0.5) is 4.39 Å². The molecule has 1 amide bonds. The third-order valence-electron chi connectivity index (χ3n) is 3.28. The van der Waals surface area contributed by atoms with Gasteiger partial charge < -0.3 is 10.4 Å². The van der Waals surface area contributed by atoms with Crippen LogP contribution in [0.5, 0.6) is 0 Å².